The number of hydrogen-bond donors (Lipinski definition) is 0. The number of aromatic nitrogens is 4. The average Bonchev–Trinajstić information content (AvgIpc) is 2.97. The molecule has 2 aromatic heterocycles. The Balaban J connectivity index is 2.09. The molecule has 0 fully saturated rings. The summed E-state index contributed by atoms with van der Waals surface area (Å²) in [5, 5.41) is 3.12. The van der Waals surface area contributed by atoms with Gasteiger partial charge in [0.25, 0.3) is 0 Å². The standard InChI is InChI=1S/C15H10ClF5N4O2/c1-26-7-8-4-9(27-15(19,20)21)2-3-10(8)11-6-25-12(5-22-11)23-24-13(25)14(16,17)18/h2-6H,7H2,1H3. The number of nitrogens with zero attached hydrogens (tertiary/aromatic N) is 4. The van der Waals surface area contributed by atoms with Crippen LogP contribution in [0.2, 0.25) is 0 Å². The number of benzene rings is 1. The van der Waals surface area contributed by atoms with Crippen molar-refractivity contribution in [1.29, 1.82) is 0 Å². The second kappa shape index (κ2) is 6.89. The summed E-state index contributed by atoms with van der Waals surface area (Å²) in [5.74, 6) is -1.26. The van der Waals surface area contributed by atoms with Crippen LogP contribution in [0.25, 0.3) is 16.9 Å². The number of hydrogen-bond acceptors (Lipinski definition) is 5. The van der Waals surface area contributed by atoms with Crippen LogP contribution in [0.15, 0.2) is 30.6 Å². The Morgan fingerprint density at radius 1 is 1.15 bits per heavy atom. The van der Waals surface area contributed by atoms with Gasteiger partial charge in [0.2, 0.25) is 5.82 Å². The molecule has 0 aliphatic rings. The highest BCUT2D eigenvalue weighted by atomic mass is 35.5. The molecule has 0 saturated carbocycles. The minimum absolute atomic E-state index is 0.0272. The second-order valence-corrected chi connectivity index (χ2v) is 5.80. The van der Waals surface area contributed by atoms with Crippen LogP contribution in [-0.4, -0.2) is 33.1 Å². The molecule has 27 heavy (non-hydrogen) atoms. The summed E-state index contributed by atoms with van der Waals surface area (Å²) in [6, 6.07) is 3.52. The number of fused-ring (bicyclic) bond motifs is 1. The third kappa shape index (κ3) is 4.25. The van der Waals surface area contributed by atoms with E-state index in [1.54, 1.807) is 0 Å². The van der Waals surface area contributed by atoms with Gasteiger partial charge in [0.05, 0.1) is 18.5 Å². The van der Waals surface area contributed by atoms with Gasteiger partial charge in [0, 0.05) is 18.9 Å². The van der Waals surface area contributed by atoms with Gasteiger partial charge in [0.1, 0.15) is 5.75 Å². The molecule has 2 heterocycles. The van der Waals surface area contributed by atoms with E-state index in [4.69, 9.17) is 16.3 Å². The highest BCUT2D eigenvalue weighted by molar-refractivity contribution is 6.21. The smallest absolute Gasteiger partial charge is 0.406 e. The van der Waals surface area contributed by atoms with E-state index in [1.807, 2.05) is 0 Å². The van der Waals surface area contributed by atoms with Crippen molar-refractivity contribution < 1.29 is 31.4 Å². The van der Waals surface area contributed by atoms with Gasteiger partial charge in [-0.15, -0.1) is 23.4 Å². The van der Waals surface area contributed by atoms with Gasteiger partial charge >= 0.3 is 11.7 Å². The number of halogens is 6. The fraction of sp³-hybridized carbons (Fsp3) is 0.267. The zero-order chi connectivity index (χ0) is 19.8. The van der Waals surface area contributed by atoms with Crippen molar-refractivity contribution in [2.75, 3.05) is 7.11 Å². The van der Waals surface area contributed by atoms with Crippen molar-refractivity contribution in [3.8, 4) is 17.0 Å². The molecule has 1 aromatic carbocycles. The van der Waals surface area contributed by atoms with Gasteiger partial charge in [-0.1, -0.05) is 0 Å². The molecule has 144 valence electrons. The lowest BCUT2D eigenvalue weighted by Gasteiger charge is -2.13. The molecule has 3 aromatic rings. The van der Waals surface area contributed by atoms with Gasteiger partial charge in [-0.05, 0) is 35.4 Å². The minimum Gasteiger partial charge on any atom is -0.406 e. The Hall–Kier alpha value is -2.53. The van der Waals surface area contributed by atoms with E-state index < -0.39 is 23.3 Å². The predicted octanol–water partition coefficient (Wildman–Crippen LogP) is 4.12. The van der Waals surface area contributed by atoms with E-state index in [1.165, 1.54) is 25.6 Å². The third-order valence-corrected chi connectivity index (χ3v) is 3.60. The molecular formula is C15H10ClF5N4O2. The maximum absolute atomic E-state index is 13.4. The number of rotatable bonds is 5. The molecule has 0 spiro atoms. The Bertz CT molecular complexity index is 971. The summed E-state index contributed by atoms with van der Waals surface area (Å²) in [4.78, 5) is 4.09. The fourth-order valence-corrected chi connectivity index (χ4v) is 2.55. The van der Waals surface area contributed by atoms with Gasteiger partial charge < -0.3 is 9.47 Å². The van der Waals surface area contributed by atoms with E-state index in [2.05, 4.69) is 19.9 Å². The van der Waals surface area contributed by atoms with E-state index in [0.29, 0.717) is 11.1 Å². The van der Waals surface area contributed by atoms with Gasteiger partial charge in [0.15, 0.2) is 5.65 Å². The quantitative estimate of drug-likeness (QED) is 0.469. The lowest BCUT2D eigenvalue weighted by atomic mass is 10.0. The number of ether oxygens (including phenoxy) is 2. The maximum atomic E-state index is 13.4. The number of alkyl halides is 6. The van der Waals surface area contributed by atoms with Crippen LogP contribution in [0.4, 0.5) is 22.0 Å². The van der Waals surface area contributed by atoms with Crippen molar-refractivity contribution in [3.05, 3.63) is 42.0 Å². The summed E-state index contributed by atoms with van der Waals surface area (Å²) in [6.07, 6.45) is -2.46. The van der Waals surface area contributed by atoms with Gasteiger partial charge in [-0.25, -0.2) is 0 Å². The highest BCUT2D eigenvalue weighted by Gasteiger charge is 2.34. The van der Waals surface area contributed by atoms with Crippen LogP contribution in [0, 0.1) is 0 Å². The van der Waals surface area contributed by atoms with Crippen molar-refractivity contribution in [1.82, 2.24) is 19.6 Å². The summed E-state index contributed by atoms with van der Waals surface area (Å²) < 4.78 is 73.9. The van der Waals surface area contributed by atoms with E-state index in [0.717, 1.165) is 16.5 Å². The zero-order valence-corrected chi connectivity index (χ0v) is 14.2. The Kier molecular flexibility index (Phi) is 4.91. The van der Waals surface area contributed by atoms with Gasteiger partial charge in [-0.2, -0.15) is 8.78 Å². The van der Waals surface area contributed by atoms with Crippen LogP contribution in [0.1, 0.15) is 11.4 Å². The van der Waals surface area contributed by atoms with Crippen LogP contribution in [-0.2, 0) is 16.7 Å². The SMILES string of the molecule is COCc1cc(OC(F)(F)F)ccc1-c1cn2c(C(F)(F)Cl)nnc2cn1. The molecule has 3 rings (SSSR count). The monoisotopic (exact) mass is 408 g/mol. The lowest BCUT2D eigenvalue weighted by Crippen LogP contribution is -2.17. The van der Waals surface area contributed by atoms with Crippen molar-refractivity contribution >= 4 is 17.2 Å². The molecule has 6 nitrogen and oxygen atoms in total. The third-order valence-electron chi connectivity index (χ3n) is 3.43. The average molecular weight is 409 g/mol. The molecule has 0 saturated heterocycles. The first kappa shape index (κ1) is 19.2. The second-order valence-electron chi connectivity index (χ2n) is 5.32. The highest BCUT2D eigenvalue weighted by Crippen LogP contribution is 2.33. The fourth-order valence-electron chi connectivity index (χ4n) is 2.43. The Morgan fingerprint density at radius 3 is 2.52 bits per heavy atom. The van der Waals surface area contributed by atoms with Crippen LogP contribution in [0.3, 0.4) is 0 Å². The first-order chi connectivity index (χ1) is 12.6. The molecular weight excluding hydrogens is 399 g/mol. The molecule has 0 unspecified atom stereocenters. The van der Waals surface area contributed by atoms with Crippen LogP contribution < -0.4 is 4.74 Å². The predicted molar refractivity (Wildman–Crippen MR) is 83.4 cm³/mol. The molecule has 0 aliphatic carbocycles. The topological polar surface area (TPSA) is 61.5 Å². The van der Waals surface area contributed by atoms with Gasteiger partial charge in [-0.3, -0.25) is 9.38 Å². The minimum atomic E-state index is -4.85. The van der Waals surface area contributed by atoms with Crippen LogP contribution >= 0.6 is 11.6 Å². The maximum Gasteiger partial charge on any atom is 0.573 e. The zero-order valence-electron chi connectivity index (χ0n) is 13.5. The van der Waals surface area contributed by atoms with Crippen molar-refractivity contribution in [3.63, 3.8) is 0 Å². The molecule has 0 amide bonds. The first-order valence-corrected chi connectivity index (χ1v) is 7.62. The van der Waals surface area contributed by atoms with Crippen molar-refractivity contribution in [2.45, 2.75) is 18.4 Å². The molecule has 0 aliphatic heterocycles. The summed E-state index contributed by atoms with van der Waals surface area (Å²) in [5.41, 5.74) is 0.860. The summed E-state index contributed by atoms with van der Waals surface area (Å²) in [7, 11) is 1.35. The summed E-state index contributed by atoms with van der Waals surface area (Å²) in [6.45, 7) is -0.0647. The van der Waals surface area contributed by atoms with E-state index in [9.17, 15) is 22.0 Å². The molecule has 0 N–H and O–H groups in total. The normalized spacial score (nSPS) is 12.6. The molecule has 12 heteroatoms. The molecule has 0 radical (unpaired) electrons. The first-order valence-electron chi connectivity index (χ1n) is 7.24. The summed E-state index contributed by atoms with van der Waals surface area (Å²) >= 11 is 5.02. The van der Waals surface area contributed by atoms with E-state index >= 15 is 0 Å². The Labute approximate surface area is 153 Å². The largest absolute Gasteiger partial charge is 0.573 e. The van der Waals surface area contributed by atoms with E-state index in [-0.39, 0.29) is 17.9 Å². The molecule has 0 atom stereocenters. The number of methoxy groups -OCH3 is 1. The lowest BCUT2D eigenvalue weighted by molar-refractivity contribution is -0.274. The Morgan fingerprint density at radius 2 is 1.89 bits per heavy atom. The van der Waals surface area contributed by atoms with Crippen molar-refractivity contribution in [2.24, 2.45) is 0 Å². The van der Waals surface area contributed by atoms with Crippen LogP contribution in [0.5, 0.6) is 5.75 Å². The molecule has 0 bridgehead atoms.